The number of carboxylic acid groups (broad SMARTS) is 1. The number of para-hydroxylation sites is 2. The van der Waals surface area contributed by atoms with E-state index in [1.807, 2.05) is 36.4 Å². The minimum atomic E-state index is -1.67. The number of aliphatic hydroxyl groups excluding tert-OH is 1. The Bertz CT molecular complexity index is 2530. The zero-order valence-corrected chi connectivity index (χ0v) is 37.3. The Hall–Kier alpha value is -7.59. The molecule has 7 atom stereocenters. The number of aromatic amines is 3. The standard InChI is InChI=1S/C45H58N12O10/c1-23(2)14-33(42(63)56-36(45(66)67)16-26-19-50-32-11-7-5-9-29(26)32)55-44(65)39(24(3)58)57-43(64)35(17-27-20-48-22-52-27)53-38(60)21-51-41(62)34(54-40(61)30(46)12-13-37(47)59)15-25-18-49-31-10-6-4-8-28(25)31/h4-11,18-20,22-24,30,33-36,39,49-50,58H,12-17,21,46H2,1-3H3,(H2,47,59)(H,48,52)(H,51,62)(H,53,60)(H,54,61)(H,55,65)(H,56,63)(H,57,64)(H,66,67)/t24-,30+,33+,34+,35+,36+,39+/m1/s1. The summed E-state index contributed by atoms with van der Waals surface area (Å²) in [6.07, 6.45) is 4.10. The van der Waals surface area contributed by atoms with E-state index >= 15 is 0 Å². The molecule has 5 aromatic rings. The highest BCUT2D eigenvalue weighted by molar-refractivity contribution is 5.97. The van der Waals surface area contributed by atoms with Crippen molar-refractivity contribution in [1.82, 2.24) is 51.8 Å². The molecule has 358 valence electrons. The molecule has 22 heteroatoms. The molecule has 0 bridgehead atoms. The second kappa shape index (κ2) is 23.6. The van der Waals surface area contributed by atoms with Crippen molar-refractivity contribution in [2.24, 2.45) is 17.4 Å². The van der Waals surface area contributed by atoms with Crippen LogP contribution in [0.4, 0.5) is 0 Å². The predicted molar refractivity (Wildman–Crippen MR) is 244 cm³/mol. The number of nitrogens with two attached hydrogens (primary N) is 2. The van der Waals surface area contributed by atoms with Crippen molar-refractivity contribution >= 4 is 69.1 Å². The molecule has 5 rings (SSSR count). The second-order valence-electron chi connectivity index (χ2n) is 16.7. The normalized spacial score (nSPS) is 14.5. The third-order valence-electron chi connectivity index (χ3n) is 10.9. The van der Waals surface area contributed by atoms with Crippen molar-refractivity contribution in [3.8, 4) is 0 Å². The lowest BCUT2D eigenvalue weighted by Gasteiger charge is -2.28. The number of carbonyl (C=O) groups excluding carboxylic acids is 7. The van der Waals surface area contributed by atoms with Gasteiger partial charge in [0.25, 0.3) is 0 Å². The number of aromatic nitrogens is 4. The van der Waals surface area contributed by atoms with Gasteiger partial charge in [0, 0.05) is 71.8 Å². The summed E-state index contributed by atoms with van der Waals surface area (Å²) in [5.41, 5.74) is 14.5. The van der Waals surface area contributed by atoms with E-state index in [1.165, 1.54) is 19.4 Å². The van der Waals surface area contributed by atoms with E-state index in [4.69, 9.17) is 11.5 Å². The summed E-state index contributed by atoms with van der Waals surface area (Å²) in [5.74, 6) is -7.20. The fraction of sp³-hybridized carbons (Fsp3) is 0.400. The number of carbonyl (C=O) groups is 8. The number of rotatable bonds is 25. The van der Waals surface area contributed by atoms with Gasteiger partial charge >= 0.3 is 5.97 Å². The second-order valence-corrected chi connectivity index (χ2v) is 16.7. The minimum absolute atomic E-state index is 0.0236. The lowest BCUT2D eigenvalue weighted by Crippen LogP contribution is -2.61. The van der Waals surface area contributed by atoms with Crippen LogP contribution in [0.3, 0.4) is 0 Å². The smallest absolute Gasteiger partial charge is 0.326 e. The van der Waals surface area contributed by atoms with Gasteiger partial charge < -0.3 is 68.5 Å². The molecule has 7 amide bonds. The summed E-state index contributed by atoms with van der Waals surface area (Å²) in [6, 6.07) is 6.41. The molecule has 2 aromatic carbocycles. The maximum absolute atomic E-state index is 13.9. The third kappa shape index (κ3) is 14.5. The summed E-state index contributed by atoms with van der Waals surface area (Å²) in [4.78, 5) is 118. The topological polar surface area (TPSA) is 362 Å². The molecule has 0 saturated carbocycles. The molecule has 0 aliphatic rings. The Morgan fingerprint density at radius 1 is 0.672 bits per heavy atom. The zero-order chi connectivity index (χ0) is 48.8. The van der Waals surface area contributed by atoms with Crippen molar-refractivity contribution in [3.05, 3.63) is 90.3 Å². The van der Waals surface area contributed by atoms with Crippen LogP contribution in [0.25, 0.3) is 21.8 Å². The first-order valence-electron chi connectivity index (χ1n) is 21.7. The molecule has 3 aromatic heterocycles. The maximum atomic E-state index is 13.9. The van der Waals surface area contributed by atoms with Gasteiger partial charge in [-0.15, -0.1) is 0 Å². The monoisotopic (exact) mass is 926 g/mol. The van der Waals surface area contributed by atoms with Gasteiger partial charge in [-0.2, -0.15) is 0 Å². The van der Waals surface area contributed by atoms with E-state index in [0.29, 0.717) is 16.8 Å². The molecule has 0 fully saturated rings. The minimum Gasteiger partial charge on any atom is -0.480 e. The maximum Gasteiger partial charge on any atom is 0.326 e. The number of hydrogen-bond acceptors (Lipinski definition) is 11. The number of benzene rings is 2. The van der Waals surface area contributed by atoms with Gasteiger partial charge in [0.2, 0.25) is 41.4 Å². The average molecular weight is 927 g/mol. The zero-order valence-electron chi connectivity index (χ0n) is 37.3. The first kappa shape index (κ1) is 50.4. The Kier molecular flexibility index (Phi) is 17.7. The number of nitrogens with one attached hydrogen (secondary N) is 9. The van der Waals surface area contributed by atoms with E-state index in [1.54, 1.807) is 38.4 Å². The molecule has 0 radical (unpaired) electrons. The number of fused-ring (bicyclic) bond motifs is 2. The number of nitrogens with zero attached hydrogens (tertiary/aromatic N) is 1. The first-order valence-corrected chi connectivity index (χ1v) is 21.7. The number of amides is 7. The summed E-state index contributed by atoms with van der Waals surface area (Å²) >= 11 is 0. The van der Waals surface area contributed by atoms with Crippen molar-refractivity contribution in [2.75, 3.05) is 6.54 Å². The SMILES string of the molecule is CC(C)C[C@H](NC(=O)[C@@H](NC(=O)[C@H](Cc1cnc[nH]1)NC(=O)CNC(=O)[C@H](Cc1c[nH]c2ccccc12)NC(=O)[C@@H](N)CCC(N)=O)[C@@H](C)O)C(=O)N[C@@H](Cc1c[nH]c2ccccc12)C(=O)O. The van der Waals surface area contributed by atoms with E-state index in [9.17, 15) is 48.6 Å². The number of imidazole rings is 1. The Balaban J connectivity index is 1.26. The van der Waals surface area contributed by atoms with Gasteiger partial charge in [-0.25, -0.2) is 9.78 Å². The molecule has 3 heterocycles. The quantitative estimate of drug-likeness (QED) is 0.0337. The van der Waals surface area contributed by atoms with E-state index < -0.39 is 96.2 Å². The van der Waals surface area contributed by atoms with Crippen molar-refractivity contribution < 1.29 is 48.6 Å². The number of carboxylic acids is 1. The van der Waals surface area contributed by atoms with Crippen molar-refractivity contribution in [2.45, 2.75) is 102 Å². The Morgan fingerprint density at radius 3 is 1.78 bits per heavy atom. The number of hydrogen-bond donors (Lipinski definition) is 13. The summed E-state index contributed by atoms with van der Waals surface area (Å²) < 4.78 is 0. The van der Waals surface area contributed by atoms with Crippen LogP contribution in [0.1, 0.15) is 56.9 Å². The highest BCUT2D eigenvalue weighted by Crippen LogP contribution is 2.21. The third-order valence-corrected chi connectivity index (χ3v) is 10.9. The largest absolute Gasteiger partial charge is 0.480 e. The number of primary amides is 1. The molecule has 0 aliphatic heterocycles. The van der Waals surface area contributed by atoms with Crippen LogP contribution >= 0.6 is 0 Å². The number of H-pyrrole nitrogens is 3. The van der Waals surface area contributed by atoms with Gasteiger partial charge in [-0.3, -0.25) is 33.6 Å². The molecular weight excluding hydrogens is 869 g/mol. The Morgan fingerprint density at radius 2 is 1.22 bits per heavy atom. The molecule has 0 aliphatic carbocycles. The van der Waals surface area contributed by atoms with Gasteiger partial charge in [-0.05, 0) is 48.9 Å². The first-order chi connectivity index (χ1) is 31.9. The highest BCUT2D eigenvalue weighted by Gasteiger charge is 2.35. The van der Waals surface area contributed by atoms with Crippen LogP contribution in [0.15, 0.2) is 73.4 Å². The van der Waals surface area contributed by atoms with E-state index in [0.717, 1.165) is 21.8 Å². The summed E-state index contributed by atoms with van der Waals surface area (Å²) in [6.45, 7) is 4.13. The fourth-order valence-corrected chi connectivity index (χ4v) is 7.42. The summed E-state index contributed by atoms with van der Waals surface area (Å²) in [5, 5.41) is 37.5. The van der Waals surface area contributed by atoms with Crippen molar-refractivity contribution in [3.63, 3.8) is 0 Å². The van der Waals surface area contributed by atoms with Crippen LogP contribution in [0.2, 0.25) is 0 Å². The average Bonchev–Trinajstić information content (AvgIpc) is 4.06. The predicted octanol–water partition coefficient (Wildman–Crippen LogP) is -0.955. The molecular formula is C45H58N12O10. The Labute approximate surface area is 384 Å². The van der Waals surface area contributed by atoms with Crippen LogP contribution in [0, 0.1) is 5.92 Å². The van der Waals surface area contributed by atoms with E-state index in [-0.39, 0.29) is 44.4 Å². The number of aliphatic carboxylic acids is 1. The molecule has 0 unspecified atom stereocenters. The van der Waals surface area contributed by atoms with Gasteiger partial charge in [0.1, 0.15) is 30.2 Å². The van der Waals surface area contributed by atoms with Crippen LogP contribution in [-0.2, 0) is 57.6 Å². The fourth-order valence-electron chi connectivity index (χ4n) is 7.42. The molecule has 22 nitrogen and oxygen atoms in total. The van der Waals surface area contributed by atoms with Crippen LogP contribution < -0.4 is 43.4 Å². The summed E-state index contributed by atoms with van der Waals surface area (Å²) in [7, 11) is 0. The van der Waals surface area contributed by atoms with Gasteiger partial charge in [-0.1, -0.05) is 50.2 Å². The van der Waals surface area contributed by atoms with E-state index in [2.05, 4.69) is 51.8 Å². The molecule has 67 heavy (non-hydrogen) atoms. The molecule has 0 saturated heterocycles. The lowest BCUT2D eigenvalue weighted by atomic mass is 10.0. The molecule has 0 spiro atoms. The van der Waals surface area contributed by atoms with Crippen molar-refractivity contribution in [1.29, 1.82) is 0 Å². The molecule has 15 N–H and O–H groups in total. The van der Waals surface area contributed by atoms with Gasteiger partial charge in [0.05, 0.1) is 25.0 Å². The van der Waals surface area contributed by atoms with Crippen LogP contribution in [0.5, 0.6) is 0 Å². The number of aliphatic hydroxyl groups is 1. The lowest BCUT2D eigenvalue weighted by molar-refractivity contribution is -0.142. The van der Waals surface area contributed by atoms with Crippen LogP contribution in [-0.4, -0.2) is 126 Å². The van der Waals surface area contributed by atoms with Gasteiger partial charge in [0.15, 0.2) is 0 Å². The highest BCUT2D eigenvalue weighted by atomic mass is 16.4.